The van der Waals surface area contributed by atoms with Crippen LogP contribution in [0, 0.1) is 0 Å². The zero-order valence-corrected chi connectivity index (χ0v) is 12.0. The predicted octanol–water partition coefficient (Wildman–Crippen LogP) is 2.95. The van der Waals surface area contributed by atoms with Crippen LogP contribution in [0.5, 0.6) is 11.5 Å². The van der Waals surface area contributed by atoms with Crippen molar-refractivity contribution < 1.29 is 24.1 Å². The summed E-state index contributed by atoms with van der Waals surface area (Å²) < 4.78 is 15.6. The molecule has 5 nitrogen and oxygen atoms in total. The van der Waals surface area contributed by atoms with Gasteiger partial charge in [0.15, 0.2) is 11.5 Å². The minimum Gasteiger partial charge on any atom is -0.493 e. The van der Waals surface area contributed by atoms with Gasteiger partial charge in [-0.05, 0) is 30.2 Å². The second kappa shape index (κ2) is 8.09. The number of hydrogen-bond acceptors (Lipinski definition) is 4. The number of benzene rings is 1. The van der Waals surface area contributed by atoms with Gasteiger partial charge < -0.3 is 19.3 Å². The number of carboxylic acids is 1. The van der Waals surface area contributed by atoms with Gasteiger partial charge in [0.05, 0.1) is 20.8 Å². The van der Waals surface area contributed by atoms with Crippen LogP contribution in [0.4, 0.5) is 0 Å². The molecule has 1 aromatic carbocycles. The molecular weight excluding hydrogens is 260 g/mol. The summed E-state index contributed by atoms with van der Waals surface area (Å²) in [4.78, 5) is 11.1. The van der Waals surface area contributed by atoms with Crippen molar-refractivity contribution in [2.75, 3.05) is 20.8 Å². The summed E-state index contributed by atoms with van der Waals surface area (Å²) in [7, 11) is 3.07. The molecule has 1 aromatic rings. The highest BCUT2D eigenvalue weighted by atomic mass is 16.5. The number of carbonyl (C=O) groups is 1. The Morgan fingerprint density at radius 3 is 2.50 bits per heavy atom. The Morgan fingerprint density at radius 1 is 1.25 bits per heavy atom. The molecule has 0 bridgehead atoms. The number of hydrogen-bond donors (Lipinski definition) is 1. The number of rotatable bonds is 8. The molecule has 0 radical (unpaired) electrons. The second-order valence-electron chi connectivity index (χ2n) is 4.13. The molecule has 0 unspecified atom stereocenters. The standard InChI is InChI=1S/C15H20O5/c1-4-5-8-20-14(15(16)17)10-11-6-7-12(18-2)13(9-11)19-3/h6-7,9-10H,4-5,8H2,1-3H3,(H,16,17). The summed E-state index contributed by atoms with van der Waals surface area (Å²) in [6, 6.07) is 5.16. The van der Waals surface area contributed by atoms with Crippen LogP contribution >= 0.6 is 0 Å². The normalized spacial score (nSPS) is 11.1. The first-order valence-electron chi connectivity index (χ1n) is 6.42. The number of unbranched alkanes of at least 4 members (excludes halogenated alkanes) is 1. The molecule has 0 aromatic heterocycles. The average molecular weight is 280 g/mol. The molecular formula is C15H20O5. The smallest absolute Gasteiger partial charge is 0.371 e. The van der Waals surface area contributed by atoms with E-state index in [-0.39, 0.29) is 5.76 Å². The third kappa shape index (κ3) is 4.50. The van der Waals surface area contributed by atoms with E-state index in [1.807, 2.05) is 6.92 Å². The maximum atomic E-state index is 11.1. The van der Waals surface area contributed by atoms with Gasteiger partial charge in [-0.1, -0.05) is 19.4 Å². The molecule has 0 aliphatic carbocycles. The van der Waals surface area contributed by atoms with Crippen LogP contribution in [-0.2, 0) is 9.53 Å². The first-order valence-corrected chi connectivity index (χ1v) is 6.42. The summed E-state index contributed by atoms with van der Waals surface area (Å²) in [6.45, 7) is 2.41. The summed E-state index contributed by atoms with van der Waals surface area (Å²) in [5.41, 5.74) is 0.677. The van der Waals surface area contributed by atoms with E-state index in [2.05, 4.69) is 0 Å². The summed E-state index contributed by atoms with van der Waals surface area (Å²) in [5.74, 6) is -0.0328. The van der Waals surface area contributed by atoms with Gasteiger partial charge in [0.25, 0.3) is 0 Å². The fourth-order valence-electron chi connectivity index (χ4n) is 1.59. The van der Waals surface area contributed by atoms with Crippen LogP contribution in [0.2, 0.25) is 0 Å². The molecule has 0 heterocycles. The molecule has 0 atom stereocenters. The number of methoxy groups -OCH3 is 2. The van der Waals surface area contributed by atoms with E-state index in [0.29, 0.717) is 23.7 Å². The lowest BCUT2D eigenvalue weighted by Crippen LogP contribution is -2.06. The van der Waals surface area contributed by atoms with Crippen molar-refractivity contribution in [3.05, 3.63) is 29.5 Å². The molecule has 0 spiro atoms. The molecule has 1 N–H and O–H groups in total. The van der Waals surface area contributed by atoms with Gasteiger partial charge in [0, 0.05) is 0 Å². The molecule has 110 valence electrons. The van der Waals surface area contributed by atoms with Crippen LogP contribution in [0.3, 0.4) is 0 Å². The quantitative estimate of drug-likeness (QED) is 0.450. The topological polar surface area (TPSA) is 65.0 Å². The van der Waals surface area contributed by atoms with Crippen molar-refractivity contribution in [1.29, 1.82) is 0 Å². The Bertz CT molecular complexity index is 479. The lowest BCUT2D eigenvalue weighted by molar-refractivity contribution is -0.136. The van der Waals surface area contributed by atoms with Crippen molar-refractivity contribution in [2.45, 2.75) is 19.8 Å². The second-order valence-corrected chi connectivity index (χ2v) is 4.13. The summed E-state index contributed by atoms with van der Waals surface area (Å²) in [5, 5.41) is 9.11. The maximum absolute atomic E-state index is 11.1. The summed E-state index contributed by atoms with van der Waals surface area (Å²) in [6.07, 6.45) is 3.24. The van der Waals surface area contributed by atoms with E-state index in [0.717, 1.165) is 12.8 Å². The van der Waals surface area contributed by atoms with E-state index < -0.39 is 5.97 Å². The molecule has 0 aliphatic rings. The van der Waals surface area contributed by atoms with Crippen LogP contribution < -0.4 is 9.47 Å². The maximum Gasteiger partial charge on any atom is 0.371 e. The molecule has 0 aliphatic heterocycles. The molecule has 5 heteroatoms. The first kappa shape index (κ1) is 15.9. The highest BCUT2D eigenvalue weighted by Gasteiger charge is 2.10. The lowest BCUT2D eigenvalue weighted by atomic mass is 10.1. The van der Waals surface area contributed by atoms with Crippen LogP contribution in [0.1, 0.15) is 25.3 Å². The molecule has 0 amide bonds. The average Bonchev–Trinajstić information content (AvgIpc) is 2.46. The number of carboxylic acid groups (broad SMARTS) is 1. The van der Waals surface area contributed by atoms with E-state index >= 15 is 0 Å². The van der Waals surface area contributed by atoms with E-state index in [1.54, 1.807) is 25.3 Å². The van der Waals surface area contributed by atoms with Gasteiger partial charge in [-0.15, -0.1) is 0 Å². The Kier molecular flexibility index (Phi) is 6.43. The monoisotopic (exact) mass is 280 g/mol. The van der Waals surface area contributed by atoms with Gasteiger partial charge in [0.2, 0.25) is 5.76 Å². The van der Waals surface area contributed by atoms with Crippen molar-refractivity contribution in [3.8, 4) is 11.5 Å². The van der Waals surface area contributed by atoms with Crippen molar-refractivity contribution in [1.82, 2.24) is 0 Å². The zero-order chi connectivity index (χ0) is 15.0. The van der Waals surface area contributed by atoms with Gasteiger partial charge in [-0.25, -0.2) is 4.79 Å². The van der Waals surface area contributed by atoms with E-state index in [9.17, 15) is 4.79 Å². The van der Waals surface area contributed by atoms with Gasteiger partial charge in [-0.2, -0.15) is 0 Å². The van der Waals surface area contributed by atoms with Crippen LogP contribution in [0.15, 0.2) is 24.0 Å². The van der Waals surface area contributed by atoms with E-state index in [1.165, 1.54) is 13.2 Å². The minimum atomic E-state index is -1.09. The van der Waals surface area contributed by atoms with Crippen molar-refractivity contribution in [2.24, 2.45) is 0 Å². The molecule has 0 fully saturated rings. The Morgan fingerprint density at radius 2 is 1.95 bits per heavy atom. The number of aliphatic carboxylic acids is 1. The summed E-state index contributed by atoms with van der Waals surface area (Å²) >= 11 is 0. The molecule has 1 rings (SSSR count). The Balaban J connectivity index is 2.95. The lowest BCUT2D eigenvalue weighted by Gasteiger charge is -2.09. The van der Waals surface area contributed by atoms with Crippen LogP contribution in [0.25, 0.3) is 6.08 Å². The van der Waals surface area contributed by atoms with Crippen molar-refractivity contribution >= 4 is 12.0 Å². The minimum absolute atomic E-state index is 0.0781. The third-order valence-electron chi connectivity index (χ3n) is 2.67. The molecule has 0 saturated carbocycles. The first-order chi connectivity index (χ1) is 9.62. The fraction of sp³-hybridized carbons (Fsp3) is 0.400. The van der Waals surface area contributed by atoms with Crippen LogP contribution in [-0.4, -0.2) is 31.9 Å². The highest BCUT2D eigenvalue weighted by Crippen LogP contribution is 2.28. The van der Waals surface area contributed by atoms with Gasteiger partial charge in [0.1, 0.15) is 0 Å². The predicted molar refractivity (Wildman–Crippen MR) is 76.0 cm³/mol. The van der Waals surface area contributed by atoms with E-state index in [4.69, 9.17) is 19.3 Å². The van der Waals surface area contributed by atoms with Crippen molar-refractivity contribution in [3.63, 3.8) is 0 Å². The zero-order valence-electron chi connectivity index (χ0n) is 12.0. The Hall–Kier alpha value is -2.17. The third-order valence-corrected chi connectivity index (χ3v) is 2.67. The SMILES string of the molecule is CCCCOC(=Cc1ccc(OC)c(OC)c1)C(=O)O. The van der Waals surface area contributed by atoms with Gasteiger partial charge >= 0.3 is 5.97 Å². The Labute approximate surface area is 118 Å². The number of ether oxygens (including phenoxy) is 3. The van der Waals surface area contributed by atoms with Gasteiger partial charge in [-0.3, -0.25) is 0 Å². The molecule has 20 heavy (non-hydrogen) atoms. The highest BCUT2D eigenvalue weighted by molar-refractivity contribution is 5.90. The fourth-order valence-corrected chi connectivity index (χ4v) is 1.59. The largest absolute Gasteiger partial charge is 0.493 e. The molecule has 0 saturated heterocycles.